The summed E-state index contributed by atoms with van der Waals surface area (Å²) in [6.45, 7) is 5.25. The lowest BCUT2D eigenvalue weighted by molar-refractivity contribution is -0.119. The Bertz CT molecular complexity index is 931. The number of nitrogens with one attached hydrogen (secondary N) is 1. The second kappa shape index (κ2) is 8.40. The number of rotatable bonds is 5. The Balaban J connectivity index is 1.71. The van der Waals surface area contributed by atoms with Gasteiger partial charge in [0, 0.05) is 4.88 Å². The van der Waals surface area contributed by atoms with Crippen LogP contribution in [0.4, 0.5) is 5.00 Å². The van der Waals surface area contributed by atoms with Crippen molar-refractivity contribution in [2.24, 2.45) is 5.92 Å². The number of ether oxygens (including phenoxy) is 2. The largest absolute Gasteiger partial charge is 0.465 e. The van der Waals surface area contributed by atoms with E-state index < -0.39 is 24.5 Å². The van der Waals surface area contributed by atoms with E-state index in [4.69, 9.17) is 9.47 Å². The number of carbonyl (C=O) groups is 3. The zero-order valence-corrected chi connectivity index (χ0v) is 17.8. The molecule has 2 aromatic rings. The van der Waals surface area contributed by atoms with Gasteiger partial charge in [-0.2, -0.15) is 0 Å². The maximum Gasteiger partial charge on any atom is 0.350 e. The first-order chi connectivity index (χ1) is 13.3. The van der Waals surface area contributed by atoms with Crippen LogP contribution in [0.3, 0.4) is 0 Å². The number of aromatic nitrogens is 1. The molecular formula is C19H22N2O5S2. The average molecular weight is 423 g/mol. The summed E-state index contributed by atoms with van der Waals surface area (Å²) in [5.74, 6) is -1.00. The minimum atomic E-state index is -0.578. The molecule has 0 fully saturated rings. The minimum absolute atomic E-state index is 0.390. The number of nitrogens with zero attached hydrogens (tertiary/aromatic N) is 1. The molecule has 1 amide bonds. The maximum absolute atomic E-state index is 12.3. The van der Waals surface area contributed by atoms with Crippen LogP contribution in [-0.2, 0) is 27.1 Å². The summed E-state index contributed by atoms with van der Waals surface area (Å²) in [6, 6.07) is 0. The topological polar surface area (TPSA) is 94.6 Å². The smallest absolute Gasteiger partial charge is 0.350 e. The molecule has 9 heteroatoms. The van der Waals surface area contributed by atoms with Crippen molar-refractivity contribution >= 4 is 45.5 Å². The number of fused-ring (bicyclic) bond motifs is 1. The van der Waals surface area contributed by atoms with E-state index in [1.54, 1.807) is 13.8 Å². The van der Waals surface area contributed by atoms with Gasteiger partial charge in [0.15, 0.2) is 6.61 Å². The molecular weight excluding hydrogens is 400 g/mol. The quantitative estimate of drug-likeness (QED) is 0.741. The monoisotopic (exact) mass is 422 g/mol. The molecule has 0 saturated carbocycles. The zero-order chi connectivity index (χ0) is 20.4. The Labute approximate surface area is 171 Å². The van der Waals surface area contributed by atoms with E-state index in [0.29, 0.717) is 27.1 Å². The van der Waals surface area contributed by atoms with E-state index in [9.17, 15) is 14.4 Å². The summed E-state index contributed by atoms with van der Waals surface area (Å²) in [7, 11) is 1.32. The van der Waals surface area contributed by atoms with Gasteiger partial charge < -0.3 is 14.8 Å². The van der Waals surface area contributed by atoms with Crippen molar-refractivity contribution in [3.8, 4) is 0 Å². The highest BCUT2D eigenvalue weighted by atomic mass is 32.1. The summed E-state index contributed by atoms with van der Waals surface area (Å²) >= 11 is 2.62. The van der Waals surface area contributed by atoms with Crippen molar-refractivity contribution in [2.45, 2.75) is 40.0 Å². The number of methoxy groups -OCH3 is 1. The predicted octanol–water partition coefficient (Wildman–Crippen LogP) is 3.53. The normalized spacial score (nSPS) is 15.6. The summed E-state index contributed by atoms with van der Waals surface area (Å²) in [4.78, 5) is 42.4. The predicted molar refractivity (Wildman–Crippen MR) is 107 cm³/mol. The first kappa shape index (κ1) is 20.5. The average Bonchev–Trinajstić information content (AvgIpc) is 3.17. The van der Waals surface area contributed by atoms with Crippen LogP contribution in [0, 0.1) is 19.8 Å². The molecule has 2 heterocycles. The van der Waals surface area contributed by atoms with Gasteiger partial charge >= 0.3 is 11.9 Å². The molecule has 0 aromatic carbocycles. The van der Waals surface area contributed by atoms with Gasteiger partial charge in [-0.15, -0.1) is 22.7 Å². The highest BCUT2D eigenvalue weighted by molar-refractivity contribution is 7.17. The first-order valence-corrected chi connectivity index (χ1v) is 10.6. The minimum Gasteiger partial charge on any atom is -0.465 e. The number of esters is 2. The highest BCUT2D eigenvalue weighted by Gasteiger charge is 2.29. The Morgan fingerprint density at radius 1 is 1.21 bits per heavy atom. The van der Waals surface area contributed by atoms with Gasteiger partial charge in [-0.1, -0.05) is 6.92 Å². The number of aryl methyl sites for hydroxylation is 2. The van der Waals surface area contributed by atoms with Gasteiger partial charge in [0.05, 0.1) is 23.4 Å². The Hall–Kier alpha value is -2.26. The van der Waals surface area contributed by atoms with Crippen molar-refractivity contribution in [1.29, 1.82) is 0 Å². The molecule has 1 N–H and O–H groups in total. The third-order valence-corrected chi connectivity index (χ3v) is 6.80. The van der Waals surface area contributed by atoms with E-state index in [2.05, 4.69) is 17.2 Å². The molecule has 150 valence electrons. The number of thiophene rings is 1. The van der Waals surface area contributed by atoms with Crippen LogP contribution in [0.15, 0.2) is 0 Å². The van der Waals surface area contributed by atoms with Crippen LogP contribution in [0.2, 0.25) is 0 Å². The lowest BCUT2D eigenvalue weighted by atomic mass is 9.88. The summed E-state index contributed by atoms with van der Waals surface area (Å²) in [5.41, 5.74) is 1.96. The molecule has 0 radical (unpaired) electrons. The van der Waals surface area contributed by atoms with Gasteiger partial charge in [-0.25, -0.2) is 14.6 Å². The van der Waals surface area contributed by atoms with Gasteiger partial charge in [0.2, 0.25) is 0 Å². The second-order valence-corrected chi connectivity index (χ2v) is 9.13. The number of hydrogen-bond donors (Lipinski definition) is 1. The lowest BCUT2D eigenvalue weighted by Crippen LogP contribution is -2.21. The van der Waals surface area contributed by atoms with E-state index in [1.165, 1.54) is 29.8 Å². The van der Waals surface area contributed by atoms with E-state index >= 15 is 0 Å². The van der Waals surface area contributed by atoms with Crippen LogP contribution in [0.25, 0.3) is 0 Å². The Morgan fingerprint density at radius 2 is 1.96 bits per heavy atom. The maximum atomic E-state index is 12.3. The van der Waals surface area contributed by atoms with Gasteiger partial charge in [0.25, 0.3) is 5.91 Å². The molecule has 0 saturated heterocycles. The molecule has 2 aromatic heterocycles. The van der Waals surface area contributed by atoms with Crippen LogP contribution in [-0.4, -0.2) is 36.5 Å². The molecule has 1 aliphatic rings. The summed E-state index contributed by atoms with van der Waals surface area (Å²) < 4.78 is 10.0. The van der Waals surface area contributed by atoms with Crippen LogP contribution < -0.4 is 5.32 Å². The molecule has 1 aliphatic carbocycles. The number of anilines is 1. The Kier molecular flexibility index (Phi) is 6.14. The molecule has 7 nitrogen and oxygen atoms in total. The zero-order valence-electron chi connectivity index (χ0n) is 16.2. The third kappa shape index (κ3) is 4.25. The second-order valence-electron chi connectivity index (χ2n) is 6.82. The fourth-order valence-corrected chi connectivity index (χ4v) is 5.47. The molecule has 1 unspecified atom stereocenters. The lowest BCUT2D eigenvalue weighted by Gasteiger charge is -2.18. The standard InChI is InChI=1S/C19H22N2O5S2/c1-9-5-6-12-13(7-9)28-17(15(12)18(23)25-4)21-14(22)8-26-19(24)16-10(2)20-11(3)27-16/h9H,5-8H2,1-4H3,(H,21,22). The van der Waals surface area contributed by atoms with Crippen molar-refractivity contribution in [3.63, 3.8) is 0 Å². The fraction of sp³-hybridized carbons (Fsp3) is 0.474. The number of hydrogen-bond acceptors (Lipinski definition) is 8. The summed E-state index contributed by atoms with van der Waals surface area (Å²) in [6.07, 6.45) is 2.65. The van der Waals surface area contributed by atoms with E-state index in [-0.39, 0.29) is 0 Å². The fourth-order valence-electron chi connectivity index (χ4n) is 3.24. The molecule has 0 spiro atoms. The van der Waals surface area contributed by atoms with Crippen LogP contribution in [0.5, 0.6) is 0 Å². The number of carbonyl (C=O) groups excluding carboxylic acids is 3. The Morgan fingerprint density at radius 3 is 2.61 bits per heavy atom. The number of thiazole rings is 1. The van der Waals surface area contributed by atoms with Gasteiger partial charge in [0.1, 0.15) is 9.88 Å². The molecule has 1 atom stereocenters. The van der Waals surface area contributed by atoms with Crippen molar-refractivity contribution in [2.75, 3.05) is 19.0 Å². The van der Waals surface area contributed by atoms with Gasteiger partial charge in [-0.05, 0) is 44.6 Å². The SMILES string of the molecule is COC(=O)c1c(NC(=O)COC(=O)c2sc(C)nc2C)sc2c1CCC(C)C2. The molecule has 28 heavy (non-hydrogen) atoms. The van der Waals surface area contributed by atoms with E-state index in [0.717, 1.165) is 34.7 Å². The first-order valence-electron chi connectivity index (χ1n) is 8.94. The van der Waals surface area contributed by atoms with Crippen LogP contribution >= 0.6 is 22.7 Å². The highest BCUT2D eigenvalue weighted by Crippen LogP contribution is 2.40. The van der Waals surface area contributed by atoms with Crippen molar-refractivity contribution in [3.05, 3.63) is 31.6 Å². The molecule has 0 bridgehead atoms. The van der Waals surface area contributed by atoms with Crippen molar-refractivity contribution in [1.82, 2.24) is 4.98 Å². The van der Waals surface area contributed by atoms with Crippen LogP contribution in [0.1, 0.15) is 54.5 Å². The third-order valence-electron chi connectivity index (χ3n) is 4.58. The molecule has 3 rings (SSSR count). The van der Waals surface area contributed by atoms with Gasteiger partial charge in [-0.3, -0.25) is 4.79 Å². The summed E-state index contributed by atoms with van der Waals surface area (Å²) in [5, 5.41) is 3.93. The van der Waals surface area contributed by atoms with E-state index in [1.807, 2.05) is 0 Å². The number of amides is 1. The van der Waals surface area contributed by atoms with Crippen molar-refractivity contribution < 1.29 is 23.9 Å². The molecule has 0 aliphatic heterocycles.